The van der Waals surface area contributed by atoms with Gasteiger partial charge in [-0.25, -0.2) is 8.42 Å². The van der Waals surface area contributed by atoms with E-state index in [4.69, 9.17) is 0 Å². The molecule has 1 atom stereocenters. The van der Waals surface area contributed by atoms with Crippen molar-refractivity contribution in [1.82, 2.24) is 0 Å². The standard InChI is InChI=1S/C13H16O2S/c1-4-5-11(2)10-12-6-8-13(9-7-12)16(3,14)15/h6-9,11H,10H2,1-3H3. The van der Waals surface area contributed by atoms with Gasteiger partial charge < -0.3 is 0 Å². The van der Waals surface area contributed by atoms with E-state index in [2.05, 4.69) is 18.8 Å². The zero-order valence-electron chi connectivity index (χ0n) is 9.82. The molecule has 0 saturated carbocycles. The van der Waals surface area contributed by atoms with Crippen molar-refractivity contribution < 1.29 is 8.42 Å². The SMILES string of the molecule is CC#CC(C)Cc1ccc(S(C)(=O)=O)cc1. The second kappa shape index (κ2) is 5.18. The van der Waals surface area contributed by atoms with E-state index in [1.807, 2.05) is 19.1 Å². The molecule has 0 aromatic heterocycles. The molecule has 0 aliphatic carbocycles. The molecule has 0 spiro atoms. The van der Waals surface area contributed by atoms with Crippen LogP contribution in [0.1, 0.15) is 19.4 Å². The predicted molar refractivity (Wildman–Crippen MR) is 65.9 cm³/mol. The van der Waals surface area contributed by atoms with Crippen LogP contribution in [0.4, 0.5) is 0 Å². The molecule has 1 aromatic carbocycles. The zero-order valence-corrected chi connectivity index (χ0v) is 10.6. The van der Waals surface area contributed by atoms with Crippen molar-refractivity contribution in [3.05, 3.63) is 29.8 Å². The quantitative estimate of drug-likeness (QED) is 0.755. The van der Waals surface area contributed by atoms with Crippen molar-refractivity contribution in [2.75, 3.05) is 6.26 Å². The molecule has 86 valence electrons. The van der Waals surface area contributed by atoms with Gasteiger partial charge in [0.15, 0.2) is 9.84 Å². The number of hydrogen-bond donors (Lipinski definition) is 0. The minimum Gasteiger partial charge on any atom is -0.224 e. The first-order chi connectivity index (χ1) is 7.43. The van der Waals surface area contributed by atoms with Crippen molar-refractivity contribution in [1.29, 1.82) is 0 Å². The highest BCUT2D eigenvalue weighted by molar-refractivity contribution is 7.90. The van der Waals surface area contributed by atoms with Gasteiger partial charge in [-0.05, 0) is 31.0 Å². The second-order valence-corrected chi connectivity index (χ2v) is 5.93. The van der Waals surface area contributed by atoms with Crippen LogP contribution in [-0.4, -0.2) is 14.7 Å². The molecule has 0 amide bonds. The van der Waals surface area contributed by atoms with E-state index in [1.165, 1.54) is 6.26 Å². The number of sulfone groups is 1. The van der Waals surface area contributed by atoms with E-state index in [0.717, 1.165) is 12.0 Å². The fourth-order valence-electron chi connectivity index (χ4n) is 1.52. The molecule has 0 aliphatic heterocycles. The normalized spacial score (nSPS) is 12.7. The average Bonchev–Trinajstić information content (AvgIpc) is 2.17. The maximum atomic E-state index is 11.2. The Morgan fingerprint density at radius 1 is 1.25 bits per heavy atom. The van der Waals surface area contributed by atoms with E-state index < -0.39 is 9.84 Å². The number of benzene rings is 1. The lowest BCUT2D eigenvalue weighted by Crippen LogP contribution is -1.99. The first-order valence-corrected chi connectivity index (χ1v) is 7.04. The van der Waals surface area contributed by atoms with Crippen LogP contribution < -0.4 is 0 Å². The average molecular weight is 236 g/mol. The first kappa shape index (κ1) is 12.8. The van der Waals surface area contributed by atoms with E-state index in [-0.39, 0.29) is 0 Å². The summed E-state index contributed by atoms with van der Waals surface area (Å²) in [5.41, 5.74) is 1.11. The van der Waals surface area contributed by atoms with Crippen LogP contribution in [0.2, 0.25) is 0 Å². The summed E-state index contributed by atoms with van der Waals surface area (Å²) in [6.45, 7) is 3.88. The number of rotatable bonds is 3. The molecule has 0 heterocycles. The van der Waals surface area contributed by atoms with Crippen molar-refractivity contribution >= 4 is 9.84 Å². The van der Waals surface area contributed by atoms with Gasteiger partial charge >= 0.3 is 0 Å². The smallest absolute Gasteiger partial charge is 0.175 e. The molecule has 0 bridgehead atoms. The Bertz CT molecular complexity index is 501. The lowest BCUT2D eigenvalue weighted by molar-refractivity contribution is 0.602. The molecule has 1 aromatic rings. The summed E-state index contributed by atoms with van der Waals surface area (Å²) < 4.78 is 22.5. The molecule has 3 heteroatoms. The van der Waals surface area contributed by atoms with Crippen LogP contribution >= 0.6 is 0 Å². The highest BCUT2D eigenvalue weighted by Gasteiger charge is 2.06. The van der Waals surface area contributed by atoms with E-state index >= 15 is 0 Å². The molecule has 0 N–H and O–H groups in total. The largest absolute Gasteiger partial charge is 0.224 e. The molecule has 0 saturated heterocycles. The van der Waals surface area contributed by atoms with Crippen LogP contribution in [0.25, 0.3) is 0 Å². The van der Waals surface area contributed by atoms with Crippen molar-refractivity contribution in [2.45, 2.75) is 25.2 Å². The van der Waals surface area contributed by atoms with Gasteiger partial charge in [0.1, 0.15) is 0 Å². The van der Waals surface area contributed by atoms with Gasteiger partial charge in [0, 0.05) is 12.2 Å². The third kappa shape index (κ3) is 3.71. The van der Waals surface area contributed by atoms with Crippen LogP contribution in [0, 0.1) is 17.8 Å². The summed E-state index contributed by atoms with van der Waals surface area (Å²) >= 11 is 0. The predicted octanol–water partition coefficient (Wildman–Crippen LogP) is 2.29. The maximum absolute atomic E-state index is 11.2. The fourth-order valence-corrected chi connectivity index (χ4v) is 2.15. The van der Waals surface area contributed by atoms with Crippen molar-refractivity contribution in [2.24, 2.45) is 5.92 Å². The summed E-state index contributed by atoms with van der Waals surface area (Å²) in [5, 5.41) is 0. The van der Waals surface area contributed by atoms with Crippen LogP contribution in [-0.2, 0) is 16.3 Å². The van der Waals surface area contributed by atoms with E-state index in [9.17, 15) is 8.42 Å². The minimum atomic E-state index is -3.09. The molecule has 0 radical (unpaired) electrons. The number of hydrogen-bond acceptors (Lipinski definition) is 2. The highest BCUT2D eigenvalue weighted by atomic mass is 32.2. The van der Waals surface area contributed by atoms with Gasteiger partial charge in [0.05, 0.1) is 4.90 Å². The molecular formula is C13H16O2S. The summed E-state index contributed by atoms with van der Waals surface area (Å²) in [4.78, 5) is 0.366. The Hall–Kier alpha value is -1.27. The summed E-state index contributed by atoms with van der Waals surface area (Å²) in [6, 6.07) is 7.00. The molecule has 1 unspecified atom stereocenters. The van der Waals surface area contributed by atoms with Crippen molar-refractivity contribution in [3.63, 3.8) is 0 Å². The topological polar surface area (TPSA) is 34.1 Å². The fraction of sp³-hybridized carbons (Fsp3) is 0.385. The summed E-state index contributed by atoms with van der Waals surface area (Å²) in [5.74, 6) is 6.25. The van der Waals surface area contributed by atoms with Gasteiger partial charge in [0.25, 0.3) is 0 Å². The Morgan fingerprint density at radius 3 is 2.25 bits per heavy atom. The molecule has 2 nitrogen and oxygen atoms in total. The van der Waals surface area contributed by atoms with Gasteiger partial charge in [-0.2, -0.15) is 0 Å². The molecule has 0 aliphatic rings. The van der Waals surface area contributed by atoms with E-state index in [1.54, 1.807) is 12.1 Å². The Morgan fingerprint density at radius 2 is 1.81 bits per heavy atom. The minimum absolute atomic E-state index is 0.300. The lowest BCUT2D eigenvalue weighted by atomic mass is 10.0. The van der Waals surface area contributed by atoms with Crippen LogP contribution in [0.15, 0.2) is 29.2 Å². The Kier molecular flexibility index (Phi) is 4.14. The second-order valence-electron chi connectivity index (χ2n) is 3.92. The summed E-state index contributed by atoms with van der Waals surface area (Å²) in [7, 11) is -3.09. The zero-order chi connectivity index (χ0) is 12.2. The van der Waals surface area contributed by atoms with Gasteiger partial charge in [-0.15, -0.1) is 11.8 Å². The van der Waals surface area contributed by atoms with Crippen LogP contribution in [0.3, 0.4) is 0 Å². The van der Waals surface area contributed by atoms with Gasteiger partial charge in [0.2, 0.25) is 0 Å². The van der Waals surface area contributed by atoms with Gasteiger partial charge in [-0.3, -0.25) is 0 Å². The van der Waals surface area contributed by atoms with Crippen LogP contribution in [0.5, 0.6) is 0 Å². The Balaban J connectivity index is 2.83. The monoisotopic (exact) mass is 236 g/mol. The molecule has 1 rings (SSSR count). The first-order valence-electron chi connectivity index (χ1n) is 5.14. The molecule has 16 heavy (non-hydrogen) atoms. The lowest BCUT2D eigenvalue weighted by Gasteiger charge is -2.05. The third-order valence-corrected chi connectivity index (χ3v) is 3.41. The third-order valence-electron chi connectivity index (χ3n) is 2.28. The molecule has 0 fully saturated rings. The van der Waals surface area contributed by atoms with Crippen molar-refractivity contribution in [3.8, 4) is 11.8 Å². The van der Waals surface area contributed by atoms with Gasteiger partial charge in [-0.1, -0.05) is 19.1 Å². The highest BCUT2D eigenvalue weighted by Crippen LogP contribution is 2.13. The maximum Gasteiger partial charge on any atom is 0.175 e. The Labute approximate surface area is 97.6 Å². The van der Waals surface area contributed by atoms with E-state index in [0.29, 0.717) is 10.8 Å². The molecular weight excluding hydrogens is 220 g/mol. The summed E-state index contributed by atoms with van der Waals surface area (Å²) in [6.07, 6.45) is 2.07.